The Morgan fingerprint density at radius 1 is 1.07 bits per heavy atom. The summed E-state index contributed by atoms with van der Waals surface area (Å²) >= 11 is 5.79. The van der Waals surface area contributed by atoms with Gasteiger partial charge in [-0.1, -0.05) is 11.6 Å². The molecule has 4 rings (SSSR count). The van der Waals surface area contributed by atoms with Crippen molar-refractivity contribution in [2.45, 2.75) is 51.7 Å². The van der Waals surface area contributed by atoms with Crippen molar-refractivity contribution >= 4 is 35.4 Å². The highest BCUT2D eigenvalue weighted by Crippen LogP contribution is 2.37. The summed E-state index contributed by atoms with van der Waals surface area (Å²) in [6.45, 7) is 6.71. The van der Waals surface area contributed by atoms with E-state index < -0.39 is 35.3 Å². The summed E-state index contributed by atoms with van der Waals surface area (Å²) in [6.07, 6.45) is 0.492. The fourth-order valence-corrected chi connectivity index (χ4v) is 4.74. The van der Waals surface area contributed by atoms with Crippen LogP contribution in [0.15, 0.2) is 30.3 Å². The molecular weight excluding hydrogens is 548 g/mol. The highest BCUT2D eigenvalue weighted by atomic mass is 35.5. The third-order valence-electron chi connectivity index (χ3n) is 6.57. The number of hydrogen-bond donors (Lipinski definition) is 2. The van der Waals surface area contributed by atoms with E-state index in [1.807, 2.05) is 20.8 Å². The van der Waals surface area contributed by atoms with Gasteiger partial charge in [-0.3, -0.25) is 4.79 Å². The molecule has 2 N–H and O–H groups in total. The number of amides is 3. The molecule has 2 aromatic carbocycles. The molecule has 2 aliphatic rings. The van der Waals surface area contributed by atoms with Crippen LogP contribution in [0.5, 0.6) is 5.75 Å². The second-order valence-corrected chi connectivity index (χ2v) is 11.2. The Morgan fingerprint density at radius 3 is 2.45 bits per heavy atom. The van der Waals surface area contributed by atoms with Crippen LogP contribution in [0, 0.1) is 17.6 Å². The van der Waals surface area contributed by atoms with Gasteiger partial charge in [0, 0.05) is 25.2 Å². The van der Waals surface area contributed by atoms with Crippen LogP contribution < -0.4 is 15.4 Å². The van der Waals surface area contributed by atoms with Gasteiger partial charge in [0.15, 0.2) is 0 Å². The van der Waals surface area contributed by atoms with E-state index in [0.717, 1.165) is 12.1 Å². The number of hydrogen-bond acceptors (Lipinski definition) is 6. The minimum atomic E-state index is -0.779. The highest BCUT2D eigenvalue weighted by Gasteiger charge is 2.32. The third-order valence-corrected chi connectivity index (χ3v) is 6.86. The Balaban J connectivity index is 1.34. The Bertz CT molecular complexity index is 1280. The predicted octanol–water partition coefficient (Wildman–Crippen LogP) is 6.07. The van der Waals surface area contributed by atoms with E-state index in [9.17, 15) is 23.2 Å². The smallest absolute Gasteiger partial charge is 0.410 e. The minimum absolute atomic E-state index is 0.0109. The fraction of sp³-hybridized carbons (Fsp3) is 0.464. The number of alkyl carbamates (subject to hydrolysis) is 1. The largest absolute Gasteiger partial charge is 0.492 e. The zero-order valence-corrected chi connectivity index (χ0v) is 23.3. The normalized spacial score (nSPS) is 17.4. The molecule has 0 saturated carbocycles. The molecule has 2 heterocycles. The zero-order valence-electron chi connectivity index (χ0n) is 22.5. The zero-order chi connectivity index (χ0) is 29.0. The van der Waals surface area contributed by atoms with Crippen molar-refractivity contribution in [3.8, 4) is 5.75 Å². The monoisotopic (exact) mass is 579 g/mol. The number of nitrogens with one attached hydrogen (secondary N) is 2. The summed E-state index contributed by atoms with van der Waals surface area (Å²) in [4.78, 5) is 39.4. The number of rotatable bonds is 5. The lowest BCUT2D eigenvalue weighted by atomic mass is 9.96. The maximum absolute atomic E-state index is 14.9. The van der Waals surface area contributed by atoms with Gasteiger partial charge in [-0.15, -0.1) is 0 Å². The van der Waals surface area contributed by atoms with Crippen LogP contribution in [0.3, 0.4) is 0 Å². The molecule has 1 fully saturated rings. The Labute approximate surface area is 236 Å². The molecule has 0 aromatic heterocycles. The standard InChI is InChI=1S/C28H32ClF2N3O6/c1-28(2,3)40-27(37)34-11-8-16(9-12-34)15-39-26(36)33-22-10-13-38-24-18(5-7-21(31)23(22)24)25(35)32-17-4-6-20(30)19(29)14-17/h4-7,14,16,22H,8-13,15H2,1-3H3,(H,32,35)(H,33,36)/t22-/m0/s1. The van der Waals surface area contributed by atoms with Crippen molar-refractivity contribution < 1.29 is 37.4 Å². The van der Waals surface area contributed by atoms with Gasteiger partial charge in [-0.2, -0.15) is 0 Å². The minimum Gasteiger partial charge on any atom is -0.492 e. The summed E-state index contributed by atoms with van der Waals surface area (Å²) < 4.78 is 44.8. The summed E-state index contributed by atoms with van der Waals surface area (Å²) in [7, 11) is 0. The predicted molar refractivity (Wildman–Crippen MR) is 144 cm³/mol. The lowest BCUT2D eigenvalue weighted by Gasteiger charge is -2.33. The summed E-state index contributed by atoms with van der Waals surface area (Å²) in [5.74, 6) is -1.81. The Hall–Kier alpha value is -3.60. The van der Waals surface area contributed by atoms with Gasteiger partial charge >= 0.3 is 12.2 Å². The summed E-state index contributed by atoms with van der Waals surface area (Å²) in [5.41, 5.74) is -0.230. The molecule has 216 valence electrons. The van der Waals surface area contributed by atoms with Gasteiger partial charge in [-0.05, 0) is 69.9 Å². The average molecular weight is 580 g/mol. The molecule has 9 nitrogen and oxygen atoms in total. The van der Waals surface area contributed by atoms with Crippen molar-refractivity contribution in [3.05, 3.63) is 58.1 Å². The second-order valence-electron chi connectivity index (χ2n) is 10.8. The Kier molecular flexibility index (Phi) is 9.02. The number of anilines is 1. The molecule has 1 saturated heterocycles. The topological polar surface area (TPSA) is 106 Å². The number of piperidine rings is 1. The van der Waals surface area contributed by atoms with Crippen LogP contribution in [0.2, 0.25) is 5.02 Å². The molecule has 0 aliphatic carbocycles. The number of carbonyl (C=O) groups excluding carboxylic acids is 3. The lowest BCUT2D eigenvalue weighted by Crippen LogP contribution is -2.42. The molecule has 2 aliphatic heterocycles. The number of ether oxygens (including phenoxy) is 3. The number of fused-ring (bicyclic) bond motifs is 1. The van der Waals surface area contributed by atoms with Gasteiger partial charge in [-0.25, -0.2) is 18.4 Å². The van der Waals surface area contributed by atoms with E-state index in [0.29, 0.717) is 25.9 Å². The summed E-state index contributed by atoms with van der Waals surface area (Å²) in [6, 6.07) is 5.34. The quantitative estimate of drug-likeness (QED) is 0.445. The SMILES string of the molecule is CC(C)(C)OC(=O)N1CCC(COC(=O)N[C@H]2CCOc3c(C(=O)Nc4ccc(F)c(Cl)c4)ccc(F)c32)CC1. The van der Waals surface area contributed by atoms with Crippen LogP contribution in [-0.4, -0.2) is 54.9 Å². The van der Waals surface area contributed by atoms with E-state index in [4.69, 9.17) is 25.8 Å². The van der Waals surface area contributed by atoms with Crippen molar-refractivity contribution in [1.29, 1.82) is 0 Å². The van der Waals surface area contributed by atoms with Crippen molar-refractivity contribution in [2.24, 2.45) is 5.92 Å². The van der Waals surface area contributed by atoms with Crippen molar-refractivity contribution in [2.75, 3.05) is 31.6 Å². The van der Waals surface area contributed by atoms with Crippen LogP contribution in [-0.2, 0) is 9.47 Å². The Morgan fingerprint density at radius 2 is 1.77 bits per heavy atom. The molecule has 1 atom stereocenters. The van der Waals surface area contributed by atoms with Gasteiger partial charge in [0.2, 0.25) is 0 Å². The van der Waals surface area contributed by atoms with E-state index in [1.165, 1.54) is 18.2 Å². The maximum atomic E-state index is 14.9. The van der Waals surface area contributed by atoms with Crippen LogP contribution in [0.25, 0.3) is 0 Å². The molecule has 0 radical (unpaired) electrons. The van der Waals surface area contributed by atoms with Crippen LogP contribution in [0.4, 0.5) is 24.1 Å². The first-order valence-electron chi connectivity index (χ1n) is 13.0. The number of nitrogens with zero attached hydrogens (tertiary/aromatic N) is 1. The molecule has 0 spiro atoms. The first kappa shape index (κ1) is 29.4. The van der Waals surface area contributed by atoms with Crippen LogP contribution >= 0.6 is 11.6 Å². The first-order valence-corrected chi connectivity index (χ1v) is 13.4. The van der Waals surface area contributed by atoms with E-state index >= 15 is 0 Å². The van der Waals surface area contributed by atoms with Gasteiger partial charge < -0.3 is 29.7 Å². The second kappa shape index (κ2) is 12.3. The van der Waals surface area contributed by atoms with E-state index in [-0.39, 0.29) is 59.2 Å². The molecule has 2 aromatic rings. The van der Waals surface area contributed by atoms with Crippen molar-refractivity contribution in [3.63, 3.8) is 0 Å². The van der Waals surface area contributed by atoms with Crippen LogP contribution in [0.1, 0.15) is 62.0 Å². The number of halogens is 3. The first-order chi connectivity index (χ1) is 18.9. The number of likely N-dealkylation sites (tertiary alicyclic amines) is 1. The average Bonchev–Trinajstić information content (AvgIpc) is 2.89. The van der Waals surface area contributed by atoms with Gasteiger partial charge in [0.05, 0.1) is 35.4 Å². The molecule has 3 amide bonds. The maximum Gasteiger partial charge on any atom is 0.410 e. The summed E-state index contributed by atoms with van der Waals surface area (Å²) in [5, 5.41) is 5.11. The van der Waals surface area contributed by atoms with Gasteiger partial charge in [0.1, 0.15) is 23.0 Å². The van der Waals surface area contributed by atoms with E-state index in [2.05, 4.69) is 10.6 Å². The van der Waals surface area contributed by atoms with E-state index in [1.54, 1.807) is 4.90 Å². The number of benzene rings is 2. The molecule has 12 heteroatoms. The molecule has 40 heavy (non-hydrogen) atoms. The van der Waals surface area contributed by atoms with Crippen molar-refractivity contribution in [1.82, 2.24) is 10.2 Å². The molecule has 0 bridgehead atoms. The number of carbonyl (C=O) groups is 3. The highest BCUT2D eigenvalue weighted by molar-refractivity contribution is 6.31. The van der Waals surface area contributed by atoms with Gasteiger partial charge in [0.25, 0.3) is 5.91 Å². The third kappa shape index (κ3) is 7.32. The molecule has 0 unspecified atom stereocenters. The lowest BCUT2D eigenvalue weighted by molar-refractivity contribution is 0.0148. The molecular formula is C28H32ClF2N3O6. The fourth-order valence-electron chi connectivity index (χ4n) is 4.56.